The molecule has 0 N–H and O–H groups in total. The smallest absolute Gasteiger partial charge is 0.276 e. The van der Waals surface area contributed by atoms with Crippen molar-refractivity contribution in [3.05, 3.63) is 17.8 Å². The number of hydrogen-bond donors (Lipinski definition) is 0. The van der Waals surface area contributed by atoms with Crippen LogP contribution in [0.2, 0.25) is 0 Å². The van der Waals surface area contributed by atoms with E-state index in [1.165, 1.54) is 32.1 Å². The Hall–Kier alpha value is -1.32. The molecular formula is C17H26N2O2. The second-order valence-corrected chi connectivity index (χ2v) is 6.87. The Morgan fingerprint density at radius 1 is 1.29 bits per heavy atom. The quantitative estimate of drug-likeness (QED) is 0.828. The molecule has 2 aliphatic carbocycles. The second kappa shape index (κ2) is 6.20. The summed E-state index contributed by atoms with van der Waals surface area (Å²) in [7, 11) is 0. The molecule has 1 heterocycles. The van der Waals surface area contributed by atoms with E-state index in [4.69, 9.17) is 4.42 Å². The highest BCUT2D eigenvalue weighted by Gasteiger charge is 2.31. The van der Waals surface area contributed by atoms with Gasteiger partial charge in [-0.2, -0.15) is 0 Å². The molecule has 2 fully saturated rings. The van der Waals surface area contributed by atoms with Crippen LogP contribution in [-0.2, 0) is 6.42 Å². The zero-order valence-electron chi connectivity index (χ0n) is 13.2. The highest BCUT2D eigenvalue weighted by molar-refractivity contribution is 5.92. The molecule has 21 heavy (non-hydrogen) atoms. The number of rotatable bonds is 5. The zero-order valence-corrected chi connectivity index (χ0v) is 13.2. The summed E-state index contributed by atoms with van der Waals surface area (Å²) < 4.78 is 5.50. The van der Waals surface area contributed by atoms with Crippen molar-refractivity contribution in [3.8, 4) is 0 Å². The summed E-state index contributed by atoms with van der Waals surface area (Å²) in [5, 5.41) is 0. The van der Waals surface area contributed by atoms with Gasteiger partial charge in [-0.15, -0.1) is 0 Å². The van der Waals surface area contributed by atoms with Crippen LogP contribution in [-0.4, -0.2) is 27.9 Å². The van der Waals surface area contributed by atoms with E-state index in [2.05, 4.69) is 18.8 Å². The van der Waals surface area contributed by atoms with E-state index >= 15 is 0 Å². The highest BCUT2D eigenvalue weighted by Crippen LogP contribution is 2.32. The largest absolute Gasteiger partial charge is 0.448 e. The number of nitrogens with zero attached hydrogens (tertiary/aromatic N) is 2. The lowest BCUT2D eigenvalue weighted by atomic mass is 9.93. The normalized spacial score (nSPS) is 20.0. The predicted molar refractivity (Wildman–Crippen MR) is 81.1 cm³/mol. The third kappa shape index (κ3) is 3.47. The van der Waals surface area contributed by atoms with Gasteiger partial charge in [0, 0.05) is 18.5 Å². The van der Waals surface area contributed by atoms with Gasteiger partial charge in [-0.3, -0.25) is 4.79 Å². The Morgan fingerprint density at radius 2 is 2.00 bits per heavy atom. The van der Waals surface area contributed by atoms with Crippen LogP contribution in [0.3, 0.4) is 0 Å². The molecular weight excluding hydrogens is 264 g/mol. The predicted octanol–water partition coefficient (Wildman–Crippen LogP) is 3.81. The molecule has 0 bridgehead atoms. The molecule has 0 unspecified atom stereocenters. The minimum absolute atomic E-state index is 0.0442. The van der Waals surface area contributed by atoms with Crippen LogP contribution >= 0.6 is 0 Å². The minimum atomic E-state index is 0.0442. The van der Waals surface area contributed by atoms with Gasteiger partial charge in [0.15, 0.2) is 11.6 Å². The number of carbonyl (C=O) groups is 1. The molecule has 0 atom stereocenters. The first kappa shape index (κ1) is 14.6. The Kier molecular flexibility index (Phi) is 4.32. The first-order valence-electron chi connectivity index (χ1n) is 8.42. The molecule has 1 aromatic rings. The molecule has 0 spiro atoms. The van der Waals surface area contributed by atoms with Gasteiger partial charge in [0.1, 0.15) is 6.26 Å². The highest BCUT2D eigenvalue weighted by atomic mass is 16.3. The second-order valence-electron chi connectivity index (χ2n) is 6.87. The van der Waals surface area contributed by atoms with E-state index in [0.29, 0.717) is 11.7 Å². The van der Waals surface area contributed by atoms with Crippen molar-refractivity contribution < 1.29 is 9.21 Å². The van der Waals surface area contributed by atoms with Crippen LogP contribution in [0.15, 0.2) is 10.7 Å². The van der Waals surface area contributed by atoms with Crippen LogP contribution in [0, 0.1) is 5.92 Å². The third-order valence-electron chi connectivity index (χ3n) is 4.69. The van der Waals surface area contributed by atoms with Gasteiger partial charge in [-0.25, -0.2) is 4.98 Å². The van der Waals surface area contributed by atoms with Crippen molar-refractivity contribution in [2.45, 2.75) is 77.3 Å². The van der Waals surface area contributed by atoms with Crippen molar-refractivity contribution >= 4 is 5.91 Å². The molecule has 0 radical (unpaired) electrons. The van der Waals surface area contributed by atoms with E-state index in [0.717, 1.165) is 31.1 Å². The Morgan fingerprint density at radius 3 is 2.62 bits per heavy atom. The standard InChI is InChI=1S/C17H26N2O2/c1-12(2)19(14-6-4-3-5-7-14)17(20)15-11-21-16(18-15)10-13-8-9-13/h11-14H,3-10H2,1-2H3. The summed E-state index contributed by atoms with van der Waals surface area (Å²) >= 11 is 0. The number of aromatic nitrogens is 1. The Bertz CT molecular complexity index is 485. The molecule has 0 aromatic carbocycles. The lowest BCUT2D eigenvalue weighted by Crippen LogP contribution is -2.45. The Labute approximate surface area is 126 Å². The van der Waals surface area contributed by atoms with Crippen molar-refractivity contribution in [2.75, 3.05) is 0 Å². The fraction of sp³-hybridized carbons (Fsp3) is 0.765. The molecule has 0 aliphatic heterocycles. The topological polar surface area (TPSA) is 46.3 Å². The molecule has 0 saturated heterocycles. The number of carbonyl (C=O) groups excluding carboxylic acids is 1. The van der Waals surface area contributed by atoms with Gasteiger partial charge in [0.2, 0.25) is 0 Å². The fourth-order valence-electron chi connectivity index (χ4n) is 3.39. The van der Waals surface area contributed by atoms with E-state index in [1.54, 1.807) is 6.26 Å². The summed E-state index contributed by atoms with van der Waals surface area (Å²) in [6.45, 7) is 4.19. The van der Waals surface area contributed by atoms with E-state index < -0.39 is 0 Å². The zero-order chi connectivity index (χ0) is 14.8. The molecule has 1 aromatic heterocycles. The summed E-state index contributed by atoms with van der Waals surface area (Å²) in [6, 6.07) is 0.582. The van der Waals surface area contributed by atoms with Gasteiger partial charge in [-0.1, -0.05) is 19.3 Å². The van der Waals surface area contributed by atoms with Gasteiger partial charge in [0.05, 0.1) is 0 Å². The van der Waals surface area contributed by atoms with Crippen molar-refractivity contribution in [1.82, 2.24) is 9.88 Å². The summed E-state index contributed by atoms with van der Waals surface area (Å²) in [5.74, 6) is 1.50. The van der Waals surface area contributed by atoms with Crippen LogP contribution in [0.5, 0.6) is 0 Å². The monoisotopic (exact) mass is 290 g/mol. The average Bonchev–Trinajstić information content (AvgIpc) is 3.15. The maximum Gasteiger partial charge on any atom is 0.276 e. The van der Waals surface area contributed by atoms with E-state index in [9.17, 15) is 4.79 Å². The van der Waals surface area contributed by atoms with Crippen molar-refractivity contribution in [3.63, 3.8) is 0 Å². The van der Waals surface area contributed by atoms with Gasteiger partial charge < -0.3 is 9.32 Å². The van der Waals surface area contributed by atoms with E-state index in [-0.39, 0.29) is 11.9 Å². The Balaban J connectivity index is 1.71. The molecule has 4 nitrogen and oxygen atoms in total. The number of oxazole rings is 1. The summed E-state index contributed by atoms with van der Waals surface area (Å²) in [6.07, 6.45) is 11.0. The SMILES string of the molecule is CC(C)N(C(=O)c1coc(CC2CC2)n1)C1CCCCC1. The molecule has 1 amide bonds. The van der Waals surface area contributed by atoms with Crippen LogP contribution in [0.4, 0.5) is 0 Å². The molecule has 3 rings (SSSR count). The average molecular weight is 290 g/mol. The summed E-state index contributed by atoms with van der Waals surface area (Å²) in [4.78, 5) is 19.3. The van der Waals surface area contributed by atoms with Crippen LogP contribution < -0.4 is 0 Å². The summed E-state index contributed by atoms with van der Waals surface area (Å²) in [5.41, 5.74) is 0.491. The molecule has 116 valence electrons. The molecule has 2 aliphatic rings. The lowest BCUT2D eigenvalue weighted by molar-refractivity contribution is 0.0549. The fourth-order valence-corrected chi connectivity index (χ4v) is 3.39. The first-order chi connectivity index (χ1) is 10.1. The third-order valence-corrected chi connectivity index (χ3v) is 4.69. The number of amides is 1. The minimum Gasteiger partial charge on any atom is -0.448 e. The first-order valence-corrected chi connectivity index (χ1v) is 8.42. The van der Waals surface area contributed by atoms with Gasteiger partial charge >= 0.3 is 0 Å². The maximum absolute atomic E-state index is 12.8. The lowest BCUT2D eigenvalue weighted by Gasteiger charge is -2.36. The van der Waals surface area contributed by atoms with Gasteiger partial charge in [-0.05, 0) is 45.4 Å². The van der Waals surface area contributed by atoms with Crippen LogP contribution in [0.25, 0.3) is 0 Å². The van der Waals surface area contributed by atoms with Crippen molar-refractivity contribution in [1.29, 1.82) is 0 Å². The van der Waals surface area contributed by atoms with Crippen molar-refractivity contribution in [2.24, 2.45) is 5.92 Å². The molecule has 2 saturated carbocycles. The molecule has 4 heteroatoms. The number of hydrogen-bond acceptors (Lipinski definition) is 3. The van der Waals surface area contributed by atoms with Crippen LogP contribution in [0.1, 0.15) is 75.2 Å². The van der Waals surface area contributed by atoms with E-state index in [1.807, 2.05) is 4.90 Å². The maximum atomic E-state index is 12.8. The van der Waals surface area contributed by atoms with Gasteiger partial charge in [0.25, 0.3) is 5.91 Å².